The number of likely N-dealkylation sites (N-methyl/N-ethyl adjacent to an activating group) is 1. The highest BCUT2D eigenvalue weighted by Gasteiger charge is 2.60. The van der Waals surface area contributed by atoms with Crippen molar-refractivity contribution in [3.63, 3.8) is 0 Å². The second-order valence-electron chi connectivity index (χ2n) is 18.3. The Kier molecular flexibility index (Phi) is 13.9. The normalized spacial score (nSPS) is 39.4. The molecule has 4 saturated heterocycles. The van der Waals surface area contributed by atoms with Crippen molar-refractivity contribution in [1.82, 2.24) is 14.8 Å². The van der Waals surface area contributed by atoms with Gasteiger partial charge in [-0.2, -0.15) is 0 Å². The van der Waals surface area contributed by atoms with Crippen molar-refractivity contribution in [2.45, 2.75) is 141 Å². The number of hydrogen-bond acceptors (Lipinski definition) is 15. The van der Waals surface area contributed by atoms with Crippen LogP contribution < -0.4 is 0 Å². The SMILES string of the molecule is CC[C@@H]1OC(=O)[C@H](C)[C@H]2OCC(=NOCc3ccccc3-c3nccs3)CO[C@](C)(C[C@@H](C)C3=NCCN4C(=O)O[C@@]1(C)[C@H]4[C@H]3C)[C@@H](O[C@H]1O[C@@H](C)C[C@@H](N(C)C)[C@@H]1O)[C@@H]2C. The Balaban J connectivity index is 1.30. The number of nitrogens with zero attached hydrogens (tertiary/aromatic N) is 5. The number of ether oxygens (including phenoxy) is 6. The quantitative estimate of drug-likeness (QED) is 0.245. The Hall–Kier alpha value is -3.51. The van der Waals surface area contributed by atoms with Crippen molar-refractivity contribution in [3.8, 4) is 10.6 Å². The topological polar surface area (TPSA) is 163 Å². The molecule has 4 fully saturated rings. The molecule has 6 heterocycles. The van der Waals surface area contributed by atoms with E-state index in [1.807, 2.05) is 83.3 Å². The van der Waals surface area contributed by atoms with E-state index in [0.717, 1.165) is 21.8 Å². The Morgan fingerprint density at radius 3 is 2.57 bits per heavy atom. The molecule has 1 N–H and O–H groups in total. The monoisotopic (exact) mass is 867 g/mol. The van der Waals surface area contributed by atoms with Crippen LogP contribution in [-0.4, -0.2) is 144 Å². The van der Waals surface area contributed by atoms with E-state index in [1.165, 1.54) is 0 Å². The molecule has 7 rings (SSSR count). The Labute approximate surface area is 364 Å². The highest BCUT2D eigenvalue weighted by atomic mass is 32.1. The minimum Gasteiger partial charge on any atom is -0.458 e. The first-order valence-corrected chi connectivity index (χ1v) is 22.7. The summed E-state index contributed by atoms with van der Waals surface area (Å²) in [5.74, 6) is -2.26. The molecular weight excluding hydrogens is 803 g/mol. The van der Waals surface area contributed by atoms with Gasteiger partial charge in [0, 0.05) is 52.8 Å². The second-order valence-corrected chi connectivity index (χ2v) is 19.2. The van der Waals surface area contributed by atoms with Gasteiger partial charge in [0.05, 0.1) is 55.6 Å². The highest BCUT2D eigenvalue weighted by molar-refractivity contribution is 7.13. The van der Waals surface area contributed by atoms with Crippen molar-refractivity contribution in [1.29, 1.82) is 0 Å². The molecule has 1 aromatic carbocycles. The summed E-state index contributed by atoms with van der Waals surface area (Å²) >= 11 is 1.55. The number of aliphatic imine (C=N–C) groups is 1. The van der Waals surface area contributed by atoms with Crippen molar-refractivity contribution in [2.24, 2.45) is 33.8 Å². The number of aromatic nitrogens is 1. The van der Waals surface area contributed by atoms with Gasteiger partial charge in [-0.3, -0.25) is 14.7 Å². The number of amides is 1. The van der Waals surface area contributed by atoms with Crippen molar-refractivity contribution >= 4 is 34.8 Å². The maximum absolute atomic E-state index is 14.6. The van der Waals surface area contributed by atoms with Gasteiger partial charge >= 0.3 is 12.1 Å². The maximum Gasteiger partial charge on any atom is 0.410 e. The number of thiazole rings is 1. The number of carbonyl (C=O) groups excluding carboxylic acids is 2. The van der Waals surface area contributed by atoms with Gasteiger partial charge in [0.2, 0.25) is 0 Å². The van der Waals surface area contributed by atoms with E-state index in [9.17, 15) is 14.7 Å². The number of hydrogen-bond donors (Lipinski definition) is 1. The zero-order valence-electron chi connectivity index (χ0n) is 37.3. The number of rotatable bonds is 8. The molecule has 0 radical (unpaired) electrons. The highest BCUT2D eigenvalue weighted by Crippen LogP contribution is 2.45. The van der Waals surface area contributed by atoms with Crippen LogP contribution in [-0.2, 0) is 44.7 Å². The molecule has 0 aliphatic carbocycles. The van der Waals surface area contributed by atoms with E-state index in [-0.39, 0.29) is 43.8 Å². The largest absolute Gasteiger partial charge is 0.458 e. The zero-order valence-corrected chi connectivity index (χ0v) is 38.1. The van der Waals surface area contributed by atoms with Gasteiger partial charge in [-0.25, -0.2) is 9.78 Å². The number of esters is 1. The first-order chi connectivity index (χ1) is 29.1. The van der Waals surface area contributed by atoms with Gasteiger partial charge in [-0.05, 0) is 67.0 Å². The van der Waals surface area contributed by atoms with Crippen LogP contribution in [0.25, 0.3) is 10.6 Å². The van der Waals surface area contributed by atoms with E-state index >= 15 is 0 Å². The molecule has 61 heavy (non-hydrogen) atoms. The second kappa shape index (κ2) is 18.7. The van der Waals surface area contributed by atoms with E-state index in [0.29, 0.717) is 38.1 Å². The third kappa shape index (κ3) is 9.14. The molecule has 1 amide bonds. The molecule has 16 heteroatoms. The predicted octanol–water partition coefficient (Wildman–Crippen LogP) is 5.97. The maximum atomic E-state index is 14.6. The van der Waals surface area contributed by atoms with Crippen LogP contribution in [0.2, 0.25) is 0 Å². The van der Waals surface area contributed by atoms with Crippen LogP contribution in [0.3, 0.4) is 0 Å². The number of fused-ring (bicyclic) bond motifs is 4. The van der Waals surface area contributed by atoms with E-state index < -0.39 is 71.8 Å². The van der Waals surface area contributed by atoms with Gasteiger partial charge in [0.25, 0.3) is 0 Å². The van der Waals surface area contributed by atoms with Crippen molar-refractivity contribution in [3.05, 3.63) is 41.4 Å². The molecule has 336 valence electrons. The fraction of sp³-hybridized carbons (Fsp3) is 0.711. The predicted molar refractivity (Wildman–Crippen MR) is 230 cm³/mol. The van der Waals surface area contributed by atoms with Crippen LogP contribution in [0, 0.1) is 23.7 Å². The van der Waals surface area contributed by atoms with Gasteiger partial charge < -0.3 is 43.3 Å². The molecule has 15 nitrogen and oxygen atoms in total. The van der Waals surface area contributed by atoms with E-state index in [1.54, 1.807) is 29.4 Å². The molecular formula is C45H65N5O10S. The summed E-state index contributed by atoms with van der Waals surface area (Å²) in [6.07, 6.45) is -1.68. The van der Waals surface area contributed by atoms with E-state index in [2.05, 4.69) is 24.0 Å². The van der Waals surface area contributed by atoms with Crippen LogP contribution in [0.4, 0.5) is 4.79 Å². The Morgan fingerprint density at radius 2 is 1.85 bits per heavy atom. The summed E-state index contributed by atoms with van der Waals surface area (Å²) in [6, 6.07) is 7.27. The fourth-order valence-corrected chi connectivity index (χ4v) is 11.3. The van der Waals surface area contributed by atoms with E-state index in [4.69, 9.17) is 38.3 Å². The zero-order chi connectivity index (χ0) is 43.8. The lowest BCUT2D eigenvalue weighted by Gasteiger charge is -2.48. The lowest BCUT2D eigenvalue weighted by Crippen LogP contribution is -2.60. The first kappa shape index (κ1) is 45.5. The van der Waals surface area contributed by atoms with Gasteiger partial charge in [0.15, 0.2) is 11.9 Å². The minimum atomic E-state index is -1.14. The summed E-state index contributed by atoms with van der Waals surface area (Å²) in [4.78, 5) is 47.6. The van der Waals surface area contributed by atoms with Gasteiger partial charge in [-0.1, -0.05) is 57.1 Å². The lowest BCUT2D eigenvalue weighted by molar-refractivity contribution is -0.302. The molecule has 14 atom stereocenters. The van der Waals surface area contributed by atoms with Crippen molar-refractivity contribution in [2.75, 3.05) is 40.4 Å². The molecule has 1 aromatic heterocycles. The summed E-state index contributed by atoms with van der Waals surface area (Å²) in [7, 11) is 3.88. The van der Waals surface area contributed by atoms with Crippen molar-refractivity contribution < 1.29 is 48.0 Å². The molecule has 0 saturated carbocycles. The Bertz CT molecular complexity index is 1910. The molecule has 4 bridgehead atoms. The van der Waals surface area contributed by atoms with Gasteiger partial charge in [0.1, 0.15) is 29.5 Å². The van der Waals surface area contributed by atoms with Gasteiger partial charge in [-0.15, -0.1) is 11.3 Å². The van der Waals surface area contributed by atoms with Crippen LogP contribution in [0.15, 0.2) is 46.0 Å². The fourth-order valence-electron chi connectivity index (χ4n) is 10.6. The number of cyclic esters (lactones) is 1. The minimum absolute atomic E-state index is 0.00525. The summed E-state index contributed by atoms with van der Waals surface area (Å²) in [6.45, 7) is 16.8. The third-order valence-corrected chi connectivity index (χ3v) is 14.5. The third-order valence-electron chi connectivity index (χ3n) is 13.6. The molecule has 0 unspecified atom stereocenters. The lowest BCUT2D eigenvalue weighted by atomic mass is 9.72. The standard InChI is InChI=1S/C45H65N5O10S/c1-11-34-45(8)38-27(4)35(46-16-18-50(38)43(53)60-45)25(2)21-44(7)39(59-42-36(51)33(49(9)10)20-26(3)57-42)28(5)37(29(6)41(52)58-34)54-23-31(24-55-44)48-56-22-30-14-12-13-15-32(30)40-47-17-19-61-40/h12-15,17,19,25-29,33-34,36-39,42,51H,11,16,18,20-24H2,1-10H3/t25-,26+,27+,28-,29-,33-,34+,36+,37+,38-,39+,42-,44-,45-/m1/s1. The number of benzene rings is 1. The summed E-state index contributed by atoms with van der Waals surface area (Å²) in [5.41, 5.74) is 1.06. The molecule has 5 aliphatic heterocycles. The number of oxime groups is 1. The average Bonchev–Trinajstić information content (AvgIpc) is 3.81. The molecule has 0 spiro atoms. The molecule has 2 aromatic rings. The first-order valence-electron chi connectivity index (χ1n) is 21.9. The van der Waals surface area contributed by atoms with Crippen LogP contribution in [0.1, 0.15) is 80.2 Å². The number of aliphatic hydroxyl groups excluding tert-OH is 1. The van der Waals surface area contributed by atoms with Crippen LogP contribution in [0.5, 0.6) is 0 Å². The number of aliphatic hydroxyl groups is 1. The number of carbonyl (C=O) groups is 2. The average molecular weight is 868 g/mol. The summed E-state index contributed by atoms with van der Waals surface area (Å²) in [5, 5.41) is 19.2. The Morgan fingerprint density at radius 1 is 1.08 bits per heavy atom. The molecule has 5 aliphatic rings. The van der Waals surface area contributed by atoms with Crippen LogP contribution >= 0.6 is 11.3 Å². The summed E-state index contributed by atoms with van der Waals surface area (Å²) < 4.78 is 40.0. The smallest absolute Gasteiger partial charge is 0.410 e.